The topological polar surface area (TPSA) is 58.2 Å². The summed E-state index contributed by atoms with van der Waals surface area (Å²) >= 11 is 0. The van der Waals surface area contributed by atoms with E-state index in [0.717, 1.165) is 0 Å². The molecule has 0 radical (unpaired) electrons. The molecule has 4 heteroatoms. The number of hydrogen-bond donors (Lipinski definition) is 2. The van der Waals surface area contributed by atoms with Crippen LogP contribution in [-0.2, 0) is 9.59 Å². The lowest BCUT2D eigenvalue weighted by molar-refractivity contribution is -0.127. The van der Waals surface area contributed by atoms with Crippen LogP contribution in [0.2, 0.25) is 0 Å². The highest BCUT2D eigenvalue weighted by Crippen LogP contribution is 1.79. The predicted octanol–water partition coefficient (Wildman–Crippen LogP) is -0.743. The second-order valence-electron chi connectivity index (χ2n) is 1.91. The van der Waals surface area contributed by atoms with Crippen molar-refractivity contribution in [3.05, 3.63) is 0 Å². The molecule has 4 nitrogen and oxygen atoms in total. The van der Waals surface area contributed by atoms with Crippen LogP contribution in [0.1, 0.15) is 18.0 Å². The zero-order valence-corrected chi connectivity index (χ0v) is 5.89. The van der Waals surface area contributed by atoms with Gasteiger partial charge in [0, 0.05) is 18.0 Å². The molecule has 2 N–H and O–H groups in total. The Bertz CT molecular complexity index is 214. The molecule has 0 unspecified atom stereocenters. The molecular formula is C6H12N2O2. The number of nitrogens with one attached hydrogen (secondary N) is 2. The first kappa shape index (κ1) is 4.71. The number of carbonyl (C=O) groups is 2. The van der Waals surface area contributed by atoms with Gasteiger partial charge >= 0.3 is 0 Å². The first-order valence-corrected chi connectivity index (χ1v) is 2.81. The molecule has 1 atom stereocenters. The summed E-state index contributed by atoms with van der Waals surface area (Å²) in [4.78, 5) is 21.5. The van der Waals surface area contributed by atoms with E-state index in [0.29, 0.717) is 0 Å². The van der Waals surface area contributed by atoms with Crippen molar-refractivity contribution in [2.45, 2.75) is 19.9 Å². The Kier molecular flexibility index (Phi) is 1.82. The molecule has 0 aliphatic rings. The molecule has 0 aromatic heterocycles. The van der Waals surface area contributed by atoms with E-state index in [1.807, 2.05) is 0 Å². The number of carbonyl (C=O) groups excluding carboxylic acids is 2. The van der Waals surface area contributed by atoms with E-state index in [1.54, 1.807) is 5.32 Å². The van der Waals surface area contributed by atoms with E-state index in [4.69, 9.17) is 4.11 Å². The maximum atomic E-state index is 11.0. The van der Waals surface area contributed by atoms with Crippen molar-refractivity contribution in [3.63, 3.8) is 0 Å². The van der Waals surface area contributed by atoms with Crippen molar-refractivity contribution in [2.75, 3.05) is 6.98 Å². The summed E-state index contributed by atoms with van der Waals surface area (Å²) in [6.45, 7) is 0.144. The van der Waals surface area contributed by atoms with Crippen LogP contribution in [-0.4, -0.2) is 24.8 Å². The van der Waals surface area contributed by atoms with Gasteiger partial charge in [0.15, 0.2) is 0 Å². The molecule has 0 aliphatic carbocycles. The molecule has 0 aromatic rings. The molecule has 0 saturated carbocycles. The summed E-state index contributed by atoms with van der Waals surface area (Å²) in [7, 11) is 0. The van der Waals surface area contributed by atoms with E-state index in [2.05, 4.69) is 5.32 Å². The lowest BCUT2D eigenvalue weighted by Crippen LogP contribution is -2.42. The third-order valence-corrected chi connectivity index (χ3v) is 0.936. The van der Waals surface area contributed by atoms with Crippen LogP contribution in [0.4, 0.5) is 0 Å². The van der Waals surface area contributed by atoms with Gasteiger partial charge in [0.05, 0.1) is 0 Å². The van der Waals surface area contributed by atoms with Crippen LogP contribution >= 0.6 is 0 Å². The van der Waals surface area contributed by atoms with E-state index in [-0.39, 0.29) is 5.91 Å². The summed E-state index contributed by atoms with van der Waals surface area (Å²) in [6.07, 6.45) is 0. The van der Waals surface area contributed by atoms with Gasteiger partial charge in [-0.3, -0.25) is 9.59 Å². The van der Waals surface area contributed by atoms with Gasteiger partial charge < -0.3 is 10.6 Å². The largest absolute Gasteiger partial charge is 0.357 e. The fourth-order valence-corrected chi connectivity index (χ4v) is 0.479. The molecule has 0 saturated heterocycles. The van der Waals surface area contributed by atoms with Crippen LogP contribution < -0.4 is 10.6 Å². The van der Waals surface area contributed by atoms with Gasteiger partial charge in [0.2, 0.25) is 11.8 Å². The molecule has 0 aliphatic heterocycles. The molecule has 58 valence electrons. The highest BCUT2D eigenvalue weighted by Gasteiger charge is 2.09. The first-order chi connectivity index (χ1) is 5.72. The molecule has 2 amide bonds. The maximum Gasteiger partial charge on any atom is 0.242 e. The summed E-state index contributed by atoms with van der Waals surface area (Å²) in [5, 5.41) is 4.03. The quantitative estimate of drug-likeness (QED) is 0.540. The van der Waals surface area contributed by atoms with Crippen molar-refractivity contribution in [3.8, 4) is 0 Å². The SMILES string of the molecule is [2H]C([2H])([2H])NC(=O)[C@@H](C)NC(C)=O. The van der Waals surface area contributed by atoms with Gasteiger partial charge in [-0.25, -0.2) is 0 Å². The summed E-state index contributed by atoms with van der Waals surface area (Å²) in [6, 6.07) is -0.835. The molecule has 0 spiro atoms. The van der Waals surface area contributed by atoms with Gasteiger partial charge in [-0.1, -0.05) is 0 Å². The Morgan fingerprint density at radius 2 is 2.20 bits per heavy atom. The Balaban J connectivity index is 4.05. The molecule has 0 rings (SSSR count). The Labute approximate surface area is 64.2 Å². The standard InChI is InChI=1S/C6H12N2O2/c1-4(6(10)7-3)8-5(2)9/h4H,1-3H3,(H,7,10)(H,8,9)/t4-/m1/s1/i3D3. The Morgan fingerprint density at radius 1 is 1.60 bits per heavy atom. The van der Waals surface area contributed by atoms with Gasteiger partial charge in [0.25, 0.3) is 0 Å². The van der Waals surface area contributed by atoms with Gasteiger partial charge in [-0.15, -0.1) is 0 Å². The van der Waals surface area contributed by atoms with Crippen LogP contribution in [0.25, 0.3) is 0 Å². The van der Waals surface area contributed by atoms with Crippen molar-refractivity contribution < 1.29 is 13.7 Å². The highest BCUT2D eigenvalue weighted by atomic mass is 16.2. The van der Waals surface area contributed by atoms with E-state index in [9.17, 15) is 9.59 Å². The number of likely N-dealkylation sites (N-methyl/N-ethyl adjacent to an activating group) is 1. The lowest BCUT2D eigenvalue weighted by atomic mass is 10.3. The molecular weight excluding hydrogens is 132 g/mol. The molecule has 0 bridgehead atoms. The fraction of sp³-hybridized carbons (Fsp3) is 0.667. The van der Waals surface area contributed by atoms with Crippen LogP contribution in [0.5, 0.6) is 0 Å². The molecule has 0 aromatic carbocycles. The van der Waals surface area contributed by atoms with Crippen LogP contribution in [0.15, 0.2) is 0 Å². The van der Waals surface area contributed by atoms with Gasteiger partial charge in [-0.2, -0.15) is 0 Å². The minimum Gasteiger partial charge on any atom is -0.357 e. The second kappa shape index (κ2) is 3.87. The van der Waals surface area contributed by atoms with E-state index >= 15 is 0 Å². The fourth-order valence-electron chi connectivity index (χ4n) is 0.479. The highest BCUT2D eigenvalue weighted by molar-refractivity contribution is 5.86. The Hall–Kier alpha value is -1.06. The van der Waals surface area contributed by atoms with Crippen molar-refractivity contribution in [2.24, 2.45) is 0 Å². The lowest BCUT2D eigenvalue weighted by Gasteiger charge is -2.09. The third-order valence-electron chi connectivity index (χ3n) is 0.936. The average Bonchev–Trinajstić information content (AvgIpc) is 1.81. The zero-order chi connectivity index (χ0) is 10.6. The van der Waals surface area contributed by atoms with Crippen LogP contribution in [0, 0.1) is 0 Å². The van der Waals surface area contributed by atoms with Crippen molar-refractivity contribution in [1.82, 2.24) is 10.6 Å². The van der Waals surface area contributed by atoms with Gasteiger partial charge in [-0.05, 0) is 6.92 Å². The summed E-state index contributed by atoms with van der Waals surface area (Å²) in [5.74, 6) is -1.11. The normalized spacial score (nSPS) is 17.6. The van der Waals surface area contributed by atoms with Crippen LogP contribution in [0.3, 0.4) is 0 Å². The average molecular weight is 147 g/mol. The van der Waals surface area contributed by atoms with Crippen molar-refractivity contribution in [1.29, 1.82) is 0 Å². The van der Waals surface area contributed by atoms with Crippen molar-refractivity contribution >= 4 is 11.8 Å². The number of rotatable bonds is 2. The second-order valence-corrected chi connectivity index (χ2v) is 1.91. The first-order valence-electron chi connectivity index (χ1n) is 4.31. The number of hydrogen-bond acceptors (Lipinski definition) is 2. The summed E-state index contributed by atoms with van der Waals surface area (Å²) in [5.41, 5.74) is 0. The van der Waals surface area contributed by atoms with E-state index < -0.39 is 18.9 Å². The minimum atomic E-state index is -2.51. The maximum absolute atomic E-state index is 11.0. The molecule has 10 heavy (non-hydrogen) atoms. The predicted molar refractivity (Wildman–Crippen MR) is 37.3 cm³/mol. The Morgan fingerprint density at radius 3 is 2.60 bits per heavy atom. The third kappa shape index (κ3) is 3.06. The van der Waals surface area contributed by atoms with Gasteiger partial charge in [0.1, 0.15) is 6.04 Å². The zero-order valence-electron chi connectivity index (χ0n) is 8.89. The monoisotopic (exact) mass is 147 g/mol. The van der Waals surface area contributed by atoms with E-state index in [1.165, 1.54) is 13.8 Å². The number of amides is 2. The molecule has 0 fully saturated rings. The smallest absolute Gasteiger partial charge is 0.242 e. The minimum absolute atomic E-state index is 0.381. The summed E-state index contributed by atoms with van der Waals surface area (Å²) < 4.78 is 20.2. The molecule has 0 heterocycles.